The van der Waals surface area contributed by atoms with Crippen LogP contribution in [0.15, 0.2) is 46.9 Å². The van der Waals surface area contributed by atoms with E-state index >= 15 is 0 Å². The van der Waals surface area contributed by atoms with Gasteiger partial charge < -0.3 is 15.5 Å². The van der Waals surface area contributed by atoms with Crippen molar-refractivity contribution in [2.24, 2.45) is 5.73 Å². The molecule has 1 amide bonds. The van der Waals surface area contributed by atoms with Gasteiger partial charge in [-0.05, 0) is 60.9 Å². The number of hydrogen-bond acceptors (Lipinski definition) is 3. The van der Waals surface area contributed by atoms with Gasteiger partial charge in [-0.25, -0.2) is 0 Å². The molecule has 0 atom stereocenters. The van der Waals surface area contributed by atoms with Crippen LogP contribution in [0.25, 0.3) is 11.3 Å². The lowest BCUT2D eigenvalue weighted by molar-refractivity contribution is 0.0997. The molecular formula is C20H19Cl3N2O2. The van der Waals surface area contributed by atoms with Crippen LogP contribution in [0.3, 0.4) is 0 Å². The van der Waals surface area contributed by atoms with Gasteiger partial charge in [0.05, 0.1) is 5.02 Å². The molecule has 1 aromatic heterocycles. The van der Waals surface area contributed by atoms with Crippen LogP contribution < -0.4 is 11.1 Å². The maximum absolute atomic E-state index is 12.6. The molecular weight excluding hydrogens is 407 g/mol. The van der Waals surface area contributed by atoms with Crippen LogP contribution in [0.1, 0.15) is 27.2 Å². The largest absolute Gasteiger partial charge is 0.451 e. The van der Waals surface area contributed by atoms with Gasteiger partial charge in [0, 0.05) is 22.8 Å². The number of nitrogens with two attached hydrogens (primary N) is 1. The van der Waals surface area contributed by atoms with Crippen LogP contribution in [-0.4, -0.2) is 5.91 Å². The number of anilines is 1. The maximum atomic E-state index is 12.6. The predicted molar refractivity (Wildman–Crippen MR) is 113 cm³/mol. The summed E-state index contributed by atoms with van der Waals surface area (Å²) in [5.74, 6) is 0.341. The minimum absolute atomic E-state index is 0. The summed E-state index contributed by atoms with van der Waals surface area (Å²) >= 11 is 12.2. The summed E-state index contributed by atoms with van der Waals surface area (Å²) in [5, 5.41) is 3.94. The van der Waals surface area contributed by atoms with Gasteiger partial charge in [-0.2, -0.15) is 0 Å². The maximum Gasteiger partial charge on any atom is 0.291 e. The Kier molecular flexibility index (Phi) is 6.95. The zero-order chi connectivity index (χ0) is 18.8. The van der Waals surface area contributed by atoms with Crippen LogP contribution in [0.2, 0.25) is 10.0 Å². The van der Waals surface area contributed by atoms with E-state index in [1.165, 1.54) is 0 Å². The molecule has 3 rings (SSSR count). The second-order valence-electron chi connectivity index (χ2n) is 6.05. The SMILES string of the molecule is Cc1cc(CN)cc(C)c1NC(=O)c1ccc(-c2cc(Cl)ccc2Cl)o1.Cl. The summed E-state index contributed by atoms with van der Waals surface area (Å²) in [7, 11) is 0. The van der Waals surface area contributed by atoms with Crippen molar-refractivity contribution >= 4 is 47.2 Å². The van der Waals surface area contributed by atoms with Crippen LogP contribution in [-0.2, 0) is 6.54 Å². The summed E-state index contributed by atoms with van der Waals surface area (Å²) in [6.45, 7) is 4.32. The van der Waals surface area contributed by atoms with E-state index in [4.69, 9.17) is 33.4 Å². The molecule has 27 heavy (non-hydrogen) atoms. The highest BCUT2D eigenvalue weighted by Gasteiger charge is 2.16. The van der Waals surface area contributed by atoms with Gasteiger partial charge in [0.2, 0.25) is 0 Å². The van der Waals surface area contributed by atoms with E-state index in [2.05, 4.69) is 5.32 Å². The molecule has 4 nitrogen and oxygen atoms in total. The zero-order valence-corrected chi connectivity index (χ0v) is 17.1. The van der Waals surface area contributed by atoms with Crippen molar-refractivity contribution in [2.45, 2.75) is 20.4 Å². The highest BCUT2D eigenvalue weighted by atomic mass is 35.5. The standard InChI is InChI=1S/C20H18Cl2N2O2.ClH/c1-11-7-13(10-23)8-12(2)19(11)24-20(25)18-6-5-17(26-18)15-9-14(21)3-4-16(15)22;/h3-9H,10,23H2,1-2H3,(H,24,25);1H. The van der Waals surface area contributed by atoms with Gasteiger partial charge >= 0.3 is 0 Å². The predicted octanol–water partition coefficient (Wildman–Crippen LogP) is 6.00. The second-order valence-corrected chi connectivity index (χ2v) is 6.89. The van der Waals surface area contributed by atoms with Crippen molar-refractivity contribution in [3.05, 3.63) is 75.0 Å². The third kappa shape index (κ3) is 4.66. The van der Waals surface area contributed by atoms with E-state index in [1.54, 1.807) is 30.3 Å². The smallest absolute Gasteiger partial charge is 0.291 e. The second kappa shape index (κ2) is 8.81. The van der Waals surface area contributed by atoms with Gasteiger partial charge in [0.15, 0.2) is 5.76 Å². The van der Waals surface area contributed by atoms with Crippen molar-refractivity contribution in [3.63, 3.8) is 0 Å². The van der Waals surface area contributed by atoms with Crippen LogP contribution in [0.5, 0.6) is 0 Å². The monoisotopic (exact) mass is 424 g/mol. The quantitative estimate of drug-likeness (QED) is 0.538. The number of aryl methyl sites for hydroxylation is 2. The number of rotatable bonds is 4. The molecule has 3 aromatic rings. The number of hydrogen-bond donors (Lipinski definition) is 2. The van der Waals surface area contributed by atoms with Crippen molar-refractivity contribution in [1.29, 1.82) is 0 Å². The summed E-state index contributed by atoms with van der Waals surface area (Å²) < 4.78 is 5.69. The minimum atomic E-state index is -0.332. The molecule has 3 N–H and O–H groups in total. The molecule has 0 aliphatic heterocycles. The Morgan fingerprint density at radius 2 is 1.74 bits per heavy atom. The lowest BCUT2D eigenvalue weighted by Gasteiger charge is -2.12. The lowest BCUT2D eigenvalue weighted by atomic mass is 10.0. The first-order chi connectivity index (χ1) is 12.4. The van der Waals surface area contributed by atoms with E-state index in [9.17, 15) is 4.79 Å². The van der Waals surface area contributed by atoms with E-state index in [0.717, 1.165) is 22.4 Å². The summed E-state index contributed by atoms with van der Waals surface area (Å²) in [4.78, 5) is 12.6. The Hall–Kier alpha value is -1.98. The number of amides is 1. The fraction of sp³-hybridized carbons (Fsp3) is 0.150. The molecule has 0 fully saturated rings. The van der Waals surface area contributed by atoms with E-state index in [1.807, 2.05) is 26.0 Å². The molecule has 0 aliphatic carbocycles. The van der Waals surface area contributed by atoms with Gasteiger partial charge in [-0.3, -0.25) is 4.79 Å². The minimum Gasteiger partial charge on any atom is -0.451 e. The highest BCUT2D eigenvalue weighted by molar-refractivity contribution is 6.35. The zero-order valence-electron chi connectivity index (χ0n) is 14.8. The normalized spacial score (nSPS) is 10.4. The molecule has 1 heterocycles. The van der Waals surface area contributed by atoms with Crippen LogP contribution in [0, 0.1) is 13.8 Å². The average Bonchev–Trinajstić information content (AvgIpc) is 3.09. The molecule has 2 aromatic carbocycles. The fourth-order valence-electron chi connectivity index (χ4n) is 2.83. The Bertz CT molecular complexity index is 960. The van der Waals surface area contributed by atoms with Crippen molar-refractivity contribution in [3.8, 4) is 11.3 Å². The fourth-order valence-corrected chi connectivity index (χ4v) is 3.22. The first kappa shape index (κ1) is 21.3. The van der Waals surface area contributed by atoms with Gasteiger partial charge in [-0.1, -0.05) is 35.3 Å². The van der Waals surface area contributed by atoms with Gasteiger partial charge in [0.25, 0.3) is 5.91 Å². The molecule has 0 bridgehead atoms. The molecule has 0 radical (unpaired) electrons. The Morgan fingerprint density at radius 1 is 1.07 bits per heavy atom. The molecule has 0 aliphatic rings. The number of carbonyl (C=O) groups is 1. The van der Waals surface area contributed by atoms with Crippen molar-refractivity contribution < 1.29 is 9.21 Å². The van der Waals surface area contributed by atoms with Gasteiger partial charge in [0.1, 0.15) is 5.76 Å². The Labute approximate surface area is 174 Å². The summed E-state index contributed by atoms with van der Waals surface area (Å²) in [6.07, 6.45) is 0. The molecule has 0 saturated heterocycles. The molecule has 142 valence electrons. The third-order valence-electron chi connectivity index (χ3n) is 4.09. The topological polar surface area (TPSA) is 68.3 Å². The molecule has 0 spiro atoms. The number of nitrogens with one attached hydrogen (secondary N) is 1. The van der Waals surface area contributed by atoms with E-state index < -0.39 is 0 Å². The number of furan rings is 1. The first-order valence-corrected chi connectivity index (χ1v) is 8.81. The van der Waals surface area contributed by atoms with Crippen LogP contribution in [0.4, 0.5) is 5.69 Å². The van der Waals surface area contributed by atoms with E-state index in [0.29, 0.717) is 27.9 Å². The Balaban J connectivity index is 0.00000261. The van der Waals surface area contributed by atoms with E-state index in [-0.39, 0.29) is 24.1 Å². The molecule has 0 unspecified atom stereocenters. The first-order valence-electron chi connectivity index (χ1n) is 8.06. The number of benzene rings is 2. The number of halogens is 3. The summed E-state index contributed by atoms with van der Waals surface area (Å²) in [5.41, 5.74) is 10.00. The molecule has 0 saturated carbocycles. The highest BCUT2D eigenvalue weighted by Crippen LogP contribution is 2.32. The average molecular weight is 426 g/mol. The number of carbonyl (C=O) groups excluding carboxylic acids is 1. The molecule has 7 heteroatoms. The van der Waals surface area contributed by atoms with Crippen molar-refractivity contribution in [1.82, 2.24) is 0 Å². The van der Waals surface area contributed by atoms with Crippen molar-refractivity contribution in [2.75, 3.05) is 5.32 Å². The van der Waals surface area contributed by atoms with Gasteiger partial charge in [-0.15, -0.1) is 12.4 Å². The Morgan fingerprint density at radius 3 is 2.37 bits per heavy atom. The van der Waals surface area contributed by atoms with Crippen LogP contribution >= 0.6 is 35.6 Å². The summed E-state index contributed by atoms with van der Waals surface area (Å²) in [6, 6.07) is 12.3. The lowest BCUT2D eigenvalue weighted by Crippen LogP contribution is -2.13. The third-order valence-corrected chi connectivity index (χ3v) is 4.66.